The molecule has 0 unspecified atom stereocenters. The molecule has 0 saturated carbocycles. The number of hydrogen-bond acceptors (Lipinski definition) is 3. The molecule has 1 heterocycles. The highest BCUT2D eigenvalue weighted by molar-refractivity contribution is 7.99. The normalized spacial score (nSPS) is 10.6. The van der Waals surface area contributed by atoms with E-state index in [1.54, 1.807) is 18.1 Å². The van der Waals surface area contributed by atoms with E-state index in [2.05, 4.69) is 22.2 Å². The third-order valence-corrected chi connectivity index (χ3v) is 3.36. The van der Waals surface area contributed by atoms with Gasteiger partial charge in [0.05, 0.1) is 12.4 Å². The first-order chi connectivity index (χ1) is 7.90. The lowest BCUT2D eigenvalue weighted by Gasteiger charge is -2.03. The van der Waals surface area contributed by atoms with Crippen molar-refractivity contribution in [1.29, 1.82) is 0 Å². The average Bonchev–Trinajstić information content (AvgIpc) is 2.78. The van der Waals surface area contributed by atoms with Crippen LogP contribution in [-0.4, -0.2) is 20.5 Å². The minimum Gasteiger partial charge on any atom is -0.248 e. The van der Waals surface area contributed by atoms with Gasteiger partial charge < -0.3 is 0 Å². The van der Waals surface area contributed by atoms with Crippen molar-refractivity contribution < 1.29 is 0 Å². The molecule has 84 valence electrons. The topological polar surface area (TPSA) is 30.7 Å². The number of nitrogens with zero attached hydrogens (tertiary/aromatic N) is 3. The number of benzene rings is 1. The molecule has 0 fully saturated rings. The summed E-state index contributed by atoms with van der Waals surface area (Å²) in [6.45, 7) is 0.835. The van der Waals surface area contributed by atoms with Crippen LogP contribution in [0.3, 0.4) is 0 Å². The molecule has 0 bridgehead atoms. The maximum atomic E-state index is 5.74. The molecule has 0 saturated heterocycles. The van der Waals surface area contributed by atoms with E-state index in [1.807, 2.05) is 22.9 Å². The second-order valence-electron chi connectivity index (χ2n) is 3.19. The van der Waals surface area contributed by atoms with Crippen molar-refractivity contribution in [3.63, 3.8) is 0 Å². The van der Waals surface area contributed by atoms with E-state index in [0.717, 1.165) is 18.1 Å². The Morgan fingerprint density at radius 2 is 2.06 bits per heavy atom. The van der Waals surface area contributed by atoms with Gasteiger partial charge in [0.25, 0.3) is 0 Å². The van der Waals surface area contributed by atoms with Crippen LogP contribution in [0.5, 0.6) is 0 Å². The molecule has 0 atom stereocenters. The predicted molar refractivity (Wildman–Crippen MR) is 66.7 cm³/mol. The lowest BCUT2D eigenvalue weighted by atomic mass is 10.4. The monoisotopic (exact) mass is 253 g/mol. The second-order valence-corrected chi connectivity index (χ2v) is 4.63. The molecule has 0 aliphatic carbocycles. The highest BCUT2D eigenvalue weighted by Crippen LogP contribution is 2.17. The summed E-state index contributed by atoms with van der Waals surface area (Å²) in [5.74, 6) is 2.21. The van der Waals surface area contributed by atoms with Crippen molar-refractivity contribution in [1.82, 2.24) is 14.8 Å². The molecule has 16 heavy (non-hydrogen) atoms. The molecular weight excluding hydrogens is 242 g/mol. The Hall–Kier alpha value is -1.00. The lowest BCUT2D eigenvalue weighted by Crippen LogP contribution is -2.06. The van der Waals surface area contributed by atoms with E-state index >= 15 is 0 Å². The summed E-state index contributed by atoms with van der Waals surface area (Å²) in [6, 6.07) is 10.3. The molecule has 0 aliphatic rings. The van der Waals surface area contributed by atoms with Crippen LogP contribution in [0.4, 0.5) is 0 Å². The van der Waals surface area contributed by atoms with Gasteiger partial charge in [-0.1, -0.05) is 18.2 Å². The summed E-state index contributed by atoms with van der Waals surface area (Å²) in [5.41, 5.74) is 0. The number of aromatic nitrogens is 3. The van der Waals surface area contributed by atoms with Crippen LogP contribution in [0.2, 0.25) is 0 Å². The Labute approximate surface area is 104 Å². The summed E-state index contributed by atoms with van der Waals surface area (Å²) in [4.78, 5) is 5.34. The van der Waals surface area contributed by atoms with E-state index in [4.69, 9.17) is 11.6 Å². The molecule has 1 aromatic heterocycles. The summed E-state index contributed by atoms with van der Waals surface area (Å²) >= 11 is 7.55. The van der Waals surface area contributed by atoms with Crippen LogP contribution in [0.25, 0.3) is 0 Å². The van der Waals surface area contributed by atoms with Gasteiger partial charge in [0.15, 0.2) is 0 Å². The second kappa shape index (κ2) is 5.92. The maximum absolute atomic E-state index is 5.74. The Morgan fingerprint density at radius 3 is 2.81 bits per heavy atom. The Balaban J connectivity index is 1.85. The third-order valence-electron chi connectivity index (χ3n) is 2.13. The highest BCUT2D eigenvalue weighted by Gasteiger charge is 2.02. The third kappa shape index (κ3) is 3.00. The van der Waals surface area contributed by atoms with Gasteiger partial charge in [0, 0.05) is 10.6 Å². The maximum Gasteiger partial charge on any atom is 0.141 e. The molecule has 2 rings (SSSR count). The molecule has 2 aromatic rings. The summed E-state index contributed by atoms with van der Waals surface area (Å²) in [7, 11) is 0. The minimum atomic E-state index is 0.413. The fourth-order valence-electron chi connectivity index (χ4n) is 1.35. The molecule has 0 aliphatic heterocycles. The number of thioether (sulfide) groups is 1. The van der Waals surface area contributed by atoms with Gasteiger partial charge in [-0.25, -0.2) is 9.67 Å². The van der Waals surface area contributed by atoms with Crippen LogP contribution in [-0.2, 0) is 12.4 Å². The molecule has 3 nitrogen and oxygen atoms in total. The fraction of sp³-hybridized carbons (Fsp3) is 0.273. The van der Waals surface area contributed by atoms with Gasteiger partial charge in [0.1, 0.15) is 12.2 Å². The molecule has 5 heteroatoms. The van der Waals surface area contributed by atoms with Crippen molar-refractivity contribution in [2.24, 2.45) is 0 Å². The van der Waals surface area contributed by atoms with Crippen LogP contribution in [0, 0.1) is 0 Å². The number of rotatable bonds is 5. The standard InChI is InChI=1S/C11H12ClN3S/c12-8-11-13-9-14-15(11)6-7-16-10-4-2-1-3-5-10/h1-5,9H,6-8H2. The SMILES string of the molecule is ClCc1ncnn1CCSc1ccccc1. The van der Waals surface area contributed by atoms with Crippen LogP contribution in [0.15, 0.2) is 41.6 Å². The fourth-order valence-corrected chi connectivity index (χ4v) is 2.40. The Kier molecular flexibility index (Phi) is 4.25. The molecule has 0 N–H and O–H groups in total. The van der Waals surface area contributed by atoms with Gasteiger partial charge in [-0.15, -0.1) is 23.4 Å². The molecule has 0 radical (unpaired) electrons. The van der Waals surface area contributed by atoms with Gasteiger partial charge in [-0.3, -0.25) is 0 Å². The first kappa shape index (κ1) is 11.5. The van der Waals surface area contributed by atoms with E-state index in [9.17, 15) is 0 Å². The van der Waals surface area contributed by atoms with Crippen molar-refractivity contribution >= 4 is 23.4 Å². The quantitative estimate of drug-likeness (QED) is 0.607. The smallest absolute Gasteiger partial charge is 0.141 e. The van der Waals surface area contributed by atoms with E-state index in [1.165, 1.54) is 4.90 Å². The van der Waals surface area contributed by atoms with E-state index in [-0.39, 0.29) is 0 Å². The zero-order valence-corrected chi connectivity index (χ0v) is 10.3. The van der Waals surface area contributed by atoms with Crippen molar-refractivity contribution in [2.75, 3.05) is 5.75 Å². The van der Waals surface area contributed by atoms with Crippen LogP contribution in [0.1, 0.15) is 5.82 Å². The van der Waals surface area contributed by atoms with Crippen LogP contribution < -0.4 is 0 Å². The van der Waals surface area contributed by atoms with Crippen molar-refractivity contribution in [2.45, 2.75) is 17.3 Å². The molecule has 0 spiro atoms. The zero-order valence-electron chi connectivity index (χ0n) is 8.71. The first-order valence-electron chi connectivity index (χ1n) is 5.00. The molecular formula is C11H12ClN3S. The number of alkyl halides is 1. The van der Waals surface area contributed by atoms with E-state index < -0.39 is 0 Å². The number of aryl methyl sites for hydroxylation is 1. The Morgan fingerprint density at radius 1 is 1.25 bits per heavy atom. The Bertz CT molecular complexity index is 430. The average molecular weight is 254 g/mol. The minimum absolute atomic E-state index is 0.413. The van der Waals surface area contributed by atoms with Gasteiger partial charge in [0.2, 0.25) is 0 Å². The van der Waals surface area contributed by atoms with Crippen molar-refractivity contribution in [3.05, 3.63) is 42.5 Å². The first-order valence-corrected chi connectivity index (χ1v) is 6.52. The summed E-state index contributed by atoms with van der Waals surface area (Å²) in [6.07, 6.45) is 1.55. The molecule has 0 amide bonds. The van der Waals surface area contributed by atoms with Crippen LogP contribution >= 0.6 is 23.4 Å². The number of hydrogen-bond donors (Lipinski definition) is 0. The van der Waals surface area contributed by atoms with E-state index in [0.29, 0.717) is 5.88 Å². The molecule has 1 aromatic carbocycles. The number of halogens is 1. The summed E-state index contributed by atoms with van der Waals surface area (Å²) in [5, 5.41) is 4.13. The lowest BCUT2D eigenvalue weighted by molar-refractivity contribution is 0.638. The summed E-state index contributed by atoms with van der Waals surface area (Å²) < 4.78 is 1.85. The zero-order chi connectivity index (χ0) is 11.2. The predicted octanol–water partition coefficient (Wildman–Crippen LogP) is 2.81. The van der Waals surface area contributed by atoms with Gasteiger partial charge >= 0.3 is 0 Å². The largest absolute Gasteiger partial charge is 0.248 e. The van der Waals surface area contributed by atoms with Gasteiger partial charge in [-0.2, -0.15) is 5.10 Å². The highest BCUT2D eigenvalue weighted by atomic mass is 35.5. The van der Waals surface area contributed by atoms with Crippen molar-refractivity contribution in [3.8, 4) is 0 Å². The van der Waals surface area contributed by atoms with Gasteiger partial charge in [-0.05, 0) is 12.1 Å².